The standard InChI is InChI=1S/C14H26N4.ClH/c1-10(2)18-9-14(13(5)16-18)8-17-6-11(3)15-12(4)7-17;/h9-12,15H,6-8H2,1-5H3;1H. The Morgan fingerprint density at radius 2 is 1.89 bits per heavy atom. The number of piperazine rings is 1. The molecule has 1 aromatic rings. The Labute approximate surface area is 123 Å². The highest BCUT2D eigenvalue weighted by Crippen LogP contribution is 2.15. The monoisotopic (exact) mass is 286 g/mol. The first-order chi connectivity index (χ1) is 8.45. The van der Waals surface area contributed by atoms with Crippen molar-refractivity contribution < 1.29 is 0 Å². The number of nitrogens with one attached hydrogen (secondary N) is 1. The number of hydrogen-bond acceptors (Lipinski definition) is 3. The first-order valence-corrected chi connectivity index (χ1v) is 6.98. The number of halogens is 1. The van der Waals surface area contributed by atoms with Crippen LogP contribution in [-0.2, 0) is 6.54 Å². The Morgan fingerprint density at radius 1 is 1.32 bits per heavy atom. The van der Waals surface area contributed by atoms with Crippen molar-refractivity contribution in [2.45, 2.75) is 59.3 Å². The summed E-state index contributed by atoms with van der Waals surface area (Å²) in [5.74, 6) is 0. The predicted octanol–water partition coefficient (Wildman–Crippen LogP) is 2.38. The summed E-state index contributed by atoms with van der Waals surface area (Å²) in [5, 5.41) is 8.16. The molecule has 0 saturated carbocycles. The fraction of sp³-hybridized carbons (Fsp3) is 0.786. The topological polar surface area (TPSA) is 33.1 Å². The van der Waals surface area contributed by atoms with Crippen LogP contribution in [0, 0.1) is 6.92 Å². The van der Waals surface area contributed by atoms with Crippen molar-refractivity contribution in [3.8, 4) is 0 Å². The molecule has 2 heterocycles. The molecule has 19 heavy (non-hydrogen) atoms. The van der Waals surface area contributed by atoms with Gasteiger partial charge in [0.05, 0.1) is 5.69 Å². The minimum Gasteiger partial charge on any atom is -0.309 e. The second kappa shape index (κ2) is 6.73. The molecule has 0 aromatic carbocycles. The Kier molecular flexibility index (Phi) is 5.83. The molecule has 1 saturated heterocycles. The molecule has 1 N–H and O–H groups in total. The lowest BCUT2D eigenvalue weighted by molar-refractivity contribution is 0.166. The molecule has 2 unspecified atom stereocenters. The second-order valence-corrected chi connectivity index (χ2v) is 5.98. The van der Waals surface area contributed by atoms with Crippen molar-refractivity contribution in [3.05, 3.63) is 17.5 Å². The van der Waals surface area contributed by atoms with Gasteiger partial charge in [0.2, 0.25) is 0 Å². The molecule has 4 nitrogen and oxygen atoms in total. The fourth-order valence-corrected chi connectivity index (χ4v) is 2.75. The van der Waals surface area contributed by atoms with Crippen molar-refractivity contribution in [2.24, 2.45) is 0 Å². The van der Waals surface area contributed by atoms with Crippen LogP contribution in [0.4, 0.5) is 0 Å². The van der Waals surface area contributed by atoms with Gasteiger partial charge in [-0.1, -0.05) is 0 Å². The maximum Gasteiger partial charge on any atom is 0.0638 e. The third-order valence-corrected chi connectivity index (χ3v) is 3.57. The van der Waals surface area contributed by atoms with Crippen molar-refractivity contribution in [3.63, 3.8) is 0 Å². The van der Waals surface area contributed by atoms with Gasteiger partial charge in [0, 0.05) is 49.5 Å². The average Bonchev–Trinajstić information content (AvgIpc) is 2.59. The van der Waals surface area contributed by atoms with Crippen molar-refractivity contribution in [2.75, 3.05) is 13.1 Å². The normalized spacial score (nSPS) is 24.5. The highest BCUT2D eigenvalue weighted by atomic mass is 35.5. The van der Waals surface area contributed by atoms with Crippen LogP contribution in [0.25, 0.3) is 0 Å². The van der Waals surface area contributed by atoms with Crippen molar-refractivity contribution >= 4 is 12.4 Å². The molecule has 2 atom stereocenters. The van der Waals surface area contributed by atoms with Gasteiger partial charge in [-0.2, -0.15) is 5.10 Å². The molecule has 1 aliphatic heterocycles. The van der Waals surface area contributed by atoms with E-state index >= 15 is 0 Å². The summed E-state index contributed by atoms with van der Waals surface area (Å²) < 4.78 is 2.07. The molecule has 1 aliphatic rings. The molecule has 0 bridgehead atoms. The minimum absolute atomic E-state index is 0. The van der Waals surface area contributed by atoms with E-state index in [1.54, 1.807) is 0 Å². The Hall–Kier alpha value is -0.580. The highest BCUT2D eigenvalue weighted by molar-refractivity contribution is 5.85. The summed E-state index contributed by atoms with van der Waals surface area (Å²) in [6.45, 7) is 14.2. The molecule has 0 radical (unpaired) electrons. The van der Waals surface area contributed by atoms with Gasteiger partial charge < -0.3 is 5.32 Å². The molecule has 5 heteroatoms. The maximum absolute atomic E-state index is 4.59. The van der Waals surface area contributed by atoms with Gasteiger partial charge in [-0.25, -0.2) is 0 Å². The van der Waals surface area contributed by atoms with Gasteiger partial charge in [-0.15, -0.1) is 12.4 Å². The van der Waals surface area contributed by atoms with E-state index in [4.69, 9.17) is 0 Å². The summed E-state index contributed by atoms with van der Waals surface area (Å²) >= 11 is 0. The molecule has 0 amide bonds. The van der Waals surface area contributed by atoms with Gasteiger partial charge in [-0.3, -0.25) is 9.58 Å². The lowest BCUT2D eigenvalue weighted by Gasteiger charge is -2.36. The van der Waals surface area contributed by atoms with E-state index < -0.39 is 0 Å². The van der Waals surface area contributed by atoms with E-state index in [1.807, 2.05) is 0 Å². The summed E-state index contributed by atoms with van der Waals surface area (Å²) in [5.41, 5.74) is 2.53. The minimum atomic E-state index is 0. The van der Waals surface area contributed by atoms with Crippen LogP contribution in [0.1, 0.15) is 45.0 Å². The molecular formula is C14H27ClN4. The zero-order chi connectivity index (χ0) is 13.3. The number of aromatic nitrogens is 2. The largest absolute Gasteiger partial charge is 0.309 e. The third-order valence-electron chi connectivity index (χ3n) is 3.57. The SMILES string of the molecule is Cc1nn(C(C)C)cc1CN1CC(C)NC(C)C1.Cl. The maximum atomic E-state index is 4.59. The number of rotatable bonds is 3. The van der Waals surface area contributed by atoms with Gasteiger partial charge >= 0.3 is 0 Å². The molecule has 0 spiro atoms. The summed E-state index contributed by atoms with van der Waals surface area (Å²) in [7, 11) is 0. The Balaban J connectivity index is 0.00000180. The quantitative estimate of drug-likeness (QED) is 0.926. The van der Waals surface area contributed by atoms with Gasteiger partial charge in [0.1, 0.15) is 0 Å². The summed E-state index contributed by atoms with van der Waals surface area (Å²) in [6.07, 6.45) is 2.21. The van der Waals surface area contributed by atoms with Gasteiger partial charge in [-0.05, 0) is 34.6 Å². The lowest BCUT2D eigenvalue weighted by atomic mass is 10.1. The first kappa shape index (κ1) is 16.5. The number of nitrogens with zero attached hydrogens (tertiary/aromatic N) is 3. The second-order valence-electron chi connectivity index (χ2n) is 5.98. The van der Waals surface area contributed by atoms with Crippen LogP contribution in [0.15, 0.2) is 6.20 Å². The Morgan fingerprint density at radius 3 is 2.37 bits per heavy atom. The molecule has 2 rings (SSSR count). The van der Waals surface area contributed by atoms with Crippen molar-refractivity contribution in [1.29, 1.82) is 0 Å². The van der Waals surface area contributed by atoms with Crippen LogP contribution in [-0.4, -0.2) is 39.9 Å². The van der Waals surface area contributed by atoms with Gasteiger partial charge in [0.15, 0.2) is 0 Å². The fourth-order valence-electron chi connectivity index (χ4n) is 2.75. The number of aryl methyl sites for hydroxylation is 1. The zero-order valence-corrected chi connectivity index (χ0v) is 13.5. The third kappa shape index (κ3) is 4.20. The van der Waals surface area contributed by atoms with Crippen LogP contribution in [0.2, 0.25) is 0 Å². The average molecular weight is 287 g/mol. The van der Waals surface area contributed by atoms with Crippen LogP contribution in [0.3, 0.4) is 0 Å². The molecular weight excluding hydrogens is 260 g/mol. The molecule has 0 aliphatic carbocycles. The van der Waals surface area contributed by atoms with E-state index in [1.165, 1.54) is 11.3 Å². The van der Waals surface area contributed by atoms with Crippen molar-refractivity contribution in [1.82, 2.24) is 20.0 Å². The van der Waals surface area contributed by atoms with E-state index in [0.29, 0.717) is 18.1 Å². The van der Waals surface area contributed by atoms with E-state index in [-0.39, 0.29) is 12.4 Å². The Bertz CT molecular complexity index is 392. The van der Waals surface area contributed by atoms with Crippen LogP contribution < -0.4 is 5.32 Å². The van der Waals surface area contributed by atoms with Crippen LogP contribution >= 0.6 is 12.4 Å². The molecule has 1 fully saturated rings. The highest BCUT2D eigenvalue weighted by Gasteiger charge is 2.21. The lowest BCUT2D eigenvalue weighted by Crippen LogP contribution is -2.53. The first-order valence-electron chi connectivity index (χ1n) is 6.98. The van der Waals surface area contributed by atoms with Crippen LogP contribution in [0.5, 0.6) is 0 Å². The smallest absolute Gasteiger partial charge is 0.0638 e. The zero-order valence-electron chi connectivity index (χ0n) is 12.7. The van der Waals surface area contributed by atoms with E-state index in [9.17, 15) is 0 Å². The molecule has 110 valence electrons. The van der Waals surface area contributed by atoms with Gasteiger partial charge in [0.25, 0.3) is 0 Å². The summed E-state index contributed by atoms with van der Waals surface area (Å²) in [4.78, 5) is 2.53. The summed E-state index contributed by atoms with van der Waals surface area (Å²) in [6, 6.07) is 1.60. The number of hydrogen-bond donors (Lipinski definition) is 1. The predicted molar refractivity (Wildman–Crippen MR) is 81.9 cm³/mol. The molecule has 1 aromatic heterocycles. The van der Waals surface area contributed by atoms with E-state index in [0.717, 1.165) is 19.6 Å². The van der Waals surface area contributed by atoms with E-state index in [2.05, 4.69) is 60.8 Å².